The Balaban J connectivity index is 1.24. The van der Waals surface area contributed by atoms with Gasteiger partial charge >= 0.3 is 0 Å². The minimum Gasteiger partial charge on any atom is -0.436 e. The third-order valence-electron chi connectivity index (χ3n) is 5.94. The molecule has 0 unspecified atom stereocenters. The molecule has 3 aromatic rings. The highest BCUT2D eigenvalue weighted by atomic mass is 19.1. The van der Waals surface area contributed by atoms with Crippen LogP contribution in [0, 0.1) is 11.2 Å². The van der Waals surface area contributed by atoms with Crippen LogP contribution >= 0.6 is 0 Å². The number of piperazine rings is 1. The summed E-state index contributed by atoms with van der Waals surface area (Å²) in [6.07, 6.45) is 0. The number of halogens is 1. The van der Waals surface area contributed by atoms with Crippen LogP contribution in [-0.4, -0.2) is 66.0 Å². The molecule has 0 bridgehead atoms. The lowest BCUT2D eigenvalue weighted by molar-refractivity contribution is -0.170. The molecule has 0 spiro atoms. The quantitative estimate of drug-likeness (QED) is 0.648. The average Bonchev–Trinajstić information content (AvgIpc) is 3.20. The second-order valence-electron chi connectivity index (χ2n) is 8.35. The summed E-state index contributed by atoms with van der Waals surface area (Å²) in [7, 11) is 0. The summed E-state index contributed by atoms with van der Waals surface area (Å²) in [5.41, 5.74) is 1.80. The van der Waals surface area contributed by atoms with Crippen molar-refractivity contribution in [3.8, 4) is 11.5 Å². The zero-order chi connectivity index (χ0) is 21.6. The van der Waals surface area contributed by atoms with Crippen molar-refractivity contribution < 1.29 is 23.1 Å². The van der Waals surface area contributed by atoms with Crippen LogP contribution in [0.5, 0.6) is 0 Å². The minimum absolute atomic E-state index is 0.0727. The number of carbonyl (C=O) groups excluding carboxylic acids is 2. The third-order valence-corrected chi connectivity index (χ3v) is 5.94. The molecule has 8 heteroatoms. The van der Waals surface area contributed by atoms with Gasteiger partial charge in [0.15, 0.2) is 5.58 Å². The number of hydrogen-bond donors (Lipinski definition) is 0. The van der Waals surface area contributed by atoms with E-state index in [1.807, 2.05) is 11.8 Å². The van der Waals surface area contributed by atoms with Crippen LogP contribution in [0.15, 0.2) is 46.9 Å². The lowest BCUT2D eigenvalue weighted by Crippen LogP contribution is -2.58. The summed E-state index contributed by atoms with van der Waals surface area (Å²) in [4.78, 5) is 33.5. The van der Waals surface area contributed by atoms with Gasteiger partial charge in [-0.05, 0) is 43.3 Å². The Morgan fingerprint density at radius 1 is 1.00 bits per heavy atom. The van der Waals surface area contributed by atoms with Crippen LogP contribution in [0.3, 0.4) is 0 Å². The second-order valence-corrected chi connectivity index (χ2v) is 8.35. The molecule has 0 atom stereocenters. The van der Waals surface area contributed by atoms with Gasteiger partial charge in [-0.25, -0.2) is 9.37 Å². The average molecular weight is 423 g/mol. The van der Waals surface area contributed by atoms with Crippen molar-refractivity contribution in [2.75, 3.05) is 39.4 Å². The van der Waals surface area contributed by atoms with Gasteiger partial charge < -0.3 is 19.0 Å². The fourth-order valence-corrected chi connectivity index (χ4v) is 3.99. The molecule has 1 aromatic heterocycles. The summed E-state index contributed by atoms with van der Waals surface area (Å²) < 4.78 is 24.2. The van der Waals surface area contributed by atoms with Gasteiger partial charge in [-0.3, -0.25) is 9.59 Å². The molecule has 0 radical (unpaired) electrons. The Kier molecular flexibility index (Phi) is 4.74. The van der Waals surface area contributed by atoms with Crippen LogP contribution < -0.4 is 0 Å². The minimum atomic E-state index is -0.418. The molecular weight excluding hydrogens is 401 g/mol. The van der Waals surface area contributed by atoms with E-state index in [4.69, 9.17) is 9.15 Å². The molecule has 2 fully saturated rings. The molecule has 5 rings (SSSR count). The lowest BCUT2D eigenvalue weighted by atomic mass is 9.86. The standard InChI is InChI=1S/C23H22FN3O4/c1-23(13-30-14-23)22(29)27-10-8-26(9-11-27)21(28)16-4-2-15(3-5-16)20-25-18-7-6-17(24)12-19(18)31-20/h2-7,12H,8-11,13-14H2,1H3. The number of fused-ring (bicyclic) bond motifs is 1. The first-order valence-corrected chi connectivity index (χ1v) is 10.3. The summed E-state index contributed by atoms with van der Waals surface area (Å²) in [5.74, 6) is 0.0261. The van der Waals surface area contributed by atoms with Crippen LogP contribution in [0.1, 0.15) is 17.3 Å². The molecule has 2 saturated heterocycles. The number of benzene rings is 2. The van der Waals surface area contributed by atoms with E-state index in [2.05, 4.69) is 4.98 Å². The largest absolute Gasteiger partial charge is 0.436 e. The molecule has 31 heavy (non-hydrogen) atoms. The van der Waals surface area contributed by atoms with E-state index >= 15 is 0 Å². The highest BCUT2D eigenvalue weighted by Crippen LogP contribution is 2.30. The number of aromatic nitrogens is 1. The van der Waals surface area contributed by atoms with E-state index in [0.717, 1.165) is 0 Å². The molecule has 2 aliphatic rings. The predicted octanol–water partition coefficient (Wildman–Crippen LogP) is 2.95. The first-order chi connectivity index (χ1) is 14.9. The Hall–Kier alpha value is -3.26. The number of carbonyl (C=O) groups is 2. The third kappa shape index (κ3) is 3.57. The fourth-order valence-electron chi connectivity index (χ4n) is 3.99. The molecular formula is C23H22FN3O4. The Bertz CT molecular complexity index is 1150. The zero-order valence-corrected chi connectivity index (χ0v) is 17.1. The number of ether oxygens (including phenoxy) is 1. The molecule has 2 aliphatic heterocycles. The van der Waals surface area contributed by atoms with Gasteiger partial charge in [0.2, 0.25) is 11.8 Å². The van der Waals surface area contributed by atoms with Gasteiger partial charge in [0, 0.05) is 43.4 Å². The van der Waals surface area contributed by atoms with Crippen molar-refractivity contribution in [2.24, 2.45) is 5.41 Å². The summed E-state index contributed by atoms with van der Waals surface area (Å²) in [6.45, 7) is 4.90. The molecule has 0 saturated carbocycles. The Morgan fingerprint density at radius 3 is 2.32 bits per heavy atom. The lowest BCUT2D eigenvalue weighted by Gasteiger charge is -2.43. The van der Waals surface area contributed by atoms with Crippen molar-refractivity contribution >= 4 is 22.9 Å². The summed E-state index contributed by atoms with van der Waals surface area (Å²) in [5, 5.41) is 0. The van der Waals surface area contributed by atoms with Gasteiger partial charge in [-0.1, -0.05) is 0 Å². The normalized spacial score (nSPS) is 18.1. The maximum Gasteiger partial charge on any atom is 0.253 e. The Morgan fingerprint density at radius 2 is 1.68 bits per heavy atom. The maximum absolute atomic E-state index is 13.4. The van der Waals surface area contributed by atoms with Crippen LogP contribution in [0.25, 0.3) is 22.6 Å². The van der Waals surface area contributed by atoms with Crippen molar-refractivity contribution in [1.82, 2.24) is 14.8 Å². The first kappa shape index (κ1) is 19.7. The summed E-state index contributed by atoms with van der Waals surface area (Å²) in [6, 6.07) is 11.2. The predicted molar refractivity (Wildman–Crippen MR) is 111 cm³/mol. The van der Waals surface area contributed by atoms with Gasteiger partial charge in [-0.2, -0.15) is 0 Å². The molecule has 7 nitrogen and oxygen atoms in total. The maximum atomic E-state index is 13.4. The molecule has 3 heterocycles. The van der Waals surface area contributed by atoms with Gasteiger partial charge in [-0.15, -0.1) is 0 Å². The van der Waals surface area contributed by atoms with E-state index < -0.39 is 5.41 Å². The van der Waals surface area contributed by atoms with E-state index in [0.29, 0.717) is 67.5 Å². The molecule has 0 N–H and O–H groups in total. The number of oxazole rings is 1. The van der Waals surface area contributed by atoms with Crippen molar-refractivity contribution in [2.45, 2.75) is 6.92 Å². The molecule has 0 aliphatic carbocycles. The van der Waals surface area contributed by atoms with Crippen LogP contribution in [0.2, 0.25) is 0 Å². The number of hydrogen-bond acceptors (Lipinski definition) is 5. The Labute approximate surface area is 178 Å². The first-order valence-electron chi connectivity index (χ1n) is 10.3. The molecule has 2 aromatic carbocycles. The van der Waals surface area contributed by atoms with E-state index in [1.165, 1.54) is 12.1 Å². The molecule has 160 valence electrons. The zero-order valence-electron chi connectivity index (χ0n) is 17.1. The van der Waals surface area contributed by atoms with Gasteiger partial charge in [0.25, 0.3) is 5.91 Å². The highest BCUT2D eigenvalue weighted by molar-refractivity contribution is 5.95. The number of rotatable bonds is 3. The van der Waals surface area contributed by atoms with Crippen LogP contribution in [-0.2, 0) is 9.53 Å². The number of amides is 2. The topological polar surface area (TPSA) is 75.9 Å². The van der Waals surface area contributed by atoms with Crippen molar-refractivity contribution in [1.29, 1.82) is 0 Å². The van der Waals surface area contributed by atoms with E-state index in [-0.39, 0.29) is 17.6 Å². The van der Waals surface area contributed by atoms with Crippen molar-refractivity contribution in [3.05, 3.63) is 53.8 Å². The SMILES string of the molecule is CC1(C(=O)N2CCN(C(=O)c3ccc(-c4nc5ccc(F)cc5o4)cc3)CC2)COC1. The van der Waals surface area contributed by atoms with Crippen molar-refractivity contribution in [3.63, 3.8) is 0 Å². The number of nitrogens with zero attached hydrogens (tertiary/aromatic N) is 3. The van der Waals surface area contributed by atoms with E-state index in [9.17, 15) is 14.0 Å². The smallest absolute Gasteiger partial charge is 0.253 e. The summed E-state index contributed by atoms with van der Waals surface area (Å²) >= 11 is 0. The van der Waals surface area contributed by atoms with Crippen LogP contribution in [0.4, 0.5) is 4.39 Å². The second kappa shape index (κ2) is 7.46. The van der Waals surface area contributed by atoms with E-state index in [1.54, 1.807) is 35.2 Å². The monoisotopic (exact) mass is 423 g/mol. The van der Waals surface area contributed by atoms with Gasteiger partial charge in [0.1, 0.15) is 11.3 Å². The highest BCUT2D eigenvalue weighted by Gasteiger charge is 2.44. The molecule has 2 amide bonds. The van der Waals surface area contributed by atoms with Gasteiger partial charge in [0.05, 0.1) is 18.6 Å². The fraction of sp³-hybridized carbons (Fsp3) is 0.348.